The Morgan fingerprint density at radius 3 is 2.60 bits per heavy atom. The molecule has 0 amide bonds. The molecule has 10 heteroatoms. The maximum absolute atomic E-state index is 14.5. The summed E-state index contributed by atoms with van der Waals surface area (Å²) in [6.45, 7) is 0. The first-order valence-electron chi connectivity index (χ1n) is 9.55. The van der Waals surface area contributed by atoms with Gasteiger partial charge in [0, 0.05) is 11.9 Å². The molecule has 0 saturated heterocycles. The van der Waals surface area contributed by atoms with Gasteiger partial charge in [-0.25, -0.2) is 4.39 Å². The highest BCUT2D eigenvalue weighted by molar-refractivity contribution is 5.91. The lowest BCUT2D eigenvalue weighted by Crippen LogP contribution is -2.28. The molecule has 1 radical (unpaired) electrons. The molecule has 1 aliphatic carbocycles. The average Bonchev–Trinajstić information content (AvgIpc) is 3.07. The van der Waals surface area contributed by atoms with Crippen molar-refractivity contribution >= 4 is 22.4 Å². The van der Waals surface area contributed by atoms with Gasteiger partial charge in [-0.1, -0.05) is 25.0 Å². The maximum atomic E-state index is 14.5. The molecule has 4 N–H and O–H groups in total. The van der Waals surface area contributed by atoms with E-state index in [9.17, 15) is 22.4 Å². The van der Waals surface area contributed by atoms with Crippen LogP contribution in [0.3, 0.4) is 0 Å². The first-order valence-corrected chi connectivity index (χ1v) is 9.55. The Morgan fingerprint density at radius 2 is 1.93 bits per heavy atom. The van der Waals surface area contributed by atoms with Crippen LogP contribution in [-0.2, 0) is 0 Å². The summed E-state index contributed by atoms with van der Waals surface area (Å²) in [6.07, 6.45) is -1.64. The molecule has 6 nitrogen and oxygen atoms in total. The minimum Gasteiger partial charge on any atom is -0.338 e. The van der Waals surface area contributed by atoms with E-state index in [2.05, 4.69) is 15.4 Å². The number of nitrogens with two attached hydrogens (primary N) is 1. The van der Waals surface area contributed by atoms with Crippen LogP contribution in [0.1, 0.15) is 37.3 Å². The highest BCUT2D eigenvalue weighted by Gasteiger charge is 2.37. The average molecular weight is 422 g/mol. The zero-order chi connectivity index (χ0) is 21.5. The van der Waals surface area contributed by atoms with E-state index in [1.807, 2.05) is 0 Å². The summed E-state index contributed by atoms with van der Waals surface area (Å²) in [5.41, 5.74) is 5.63. The van der Waals surface area contributed by atoms with Crippen LogP contribution in [-0.4, -0.2) is 27.1 Å². The molecule has 2 unspecified atom stereocenters. The van der Waals surface area contributed by atoms with E-state index in [1.54, 1.807) is 6.07 Å². The molecule has 2 heterocycles. The number of pyridine rings is 1. The number of aromatic amines is 1. The molecule has 1 aliphatic rings. The minimum atomic E-state index is -4.54. The number of rotatable bonds is 4. The fourth-order valence-electron chi connectivity index (χ4n) is 3.67. The van der Waals surface area contributed by atoms with Gasteiger partial charge in [0.05, 0.1) is 5.52 Å². The second-order valence-electron chi connectivity index (χ2n) is 7.30. The number of aromatic nitrogens is 3. The largest absolute Gasteiger partial charge is 0.407 e. The van der Waals surface area contributed by atoms with Crippen molar-refractivity contribution in [2.24, 2.45) is 5.73 Å². The van der Waals surface area contributed by atoms with E-state index < -0.39 is 23.9 Å². The van der Waals surface area contributed by atoms with E-state index in [1.165, 1.54) is 35.1 Å². The molecule has 0 aliphatic heterocycles. The number of halogens is 4. The van der Waals surface area contributed by atoms with Crippen LogP contribution in [0.25, 0.3) is 10.9 Å². The predicted molar refractivity (Wildman–Crippen MR) is 105 cm³/mol. The fourth-order valence-corrected chi connectivity index (χ4v) is 3.67. The molecule has 30 heavy (non-hydrogen) atoms. The van der Waals surface area contributed by atoms with Gasteiger partial charge in [-0.05, 0) is 36.6 Å². The molecular weight excluding hydrogens is 402 g/mol. The van der Waals surface area contributed by atoms with E-state index in [0.717, 1.165) is 12.8 Å². The van der Waals surface area contributed by atoms with Crippen LogP contribution < -0.4 is 16.6 Å². The molecule has 3 aromatic rings. The third-order valence-corrected chi connectivity index (χ3v) is 5.26. The molecule has 0 bridgehead atoms. The summed E-state index contributed by atoms with van der Waals surface area (Å²) < 4.78 is 54.3. The number of benzene rings is 1. The quantitative estimate of drug-likeness (QED) is 0.547. The number of anilines is 2. The summed E-state index contributed by atoms with van der Waals surface area (Å²) >= 11 is 0. The minimum absolute atomic E-state index is 0.0840. The standard InChI is InChI=1S/C20H20F4N5O/c21-13-3-1-2-4-14(13)29-15-9-10-26-19(30)16(15)18(28-29)27-12-7-5-11(6-8-12)17(25)20(22,23)24/h5-10,13,17H,1-4,25H2,(H,26,30)(H,27,28). The van der Waals surface area contributed by atoms with E-state index in [4.69, 9.17) is 5.73 Å². The first kappa shape index (κ1) is 20.4. The van der Waals surface area contributed by atoms with Gasteiger partial charge in [0.2, 0.25) is 0 Å². The summed E-state index contributed by atoms with van der Waals surface area (Å²) in [7, 11) is 0. The number of hydrogen-bond acceptors (Lipinski definition) is 4. The van der Waals surface area contributed by atoms with Crippen LogP contribution >= 0.6 is 0 Å². The predicted octanol–water partition coefficient (Wildman–Crippen LogP) is 4.32. The summed E-state index contributed by atoms with van der Waals surface area (Å²) in [5, 5.41) is 7.63. The Hall–Kier alpha value is -2.88. The molecule has 1 fully saturated rings. The molecule has 1 aromatic carbocycles. The number of nitrogens with one attached hydrogen (secondary N) is 2. The molecule has 2 aromatic heterocycles. The normalized spacial score (nSPS) is 19.2. The summed E-state index contributed by atoms with van der Waals surface area (Å²) in [4.78, 5) is 15.0. The van der Waals surface area contributed by atoms with E-state index in [-0.39, 0.29) is 16.8 Å². The molecule has 159 valence electrons. The van der Waals surface area contributed by atoms with Crippen LogP contribution in [0.2, 0.25) is 0 Å². The molecule has 0 spiro atoms. The number of H-pyrrole nitrogens is 1. The fraction of sp³-hybridized carbons (Fsp3) is 0.350. The van der Waals surface area contributed by atoms with E-state index in [0.29, 0.717) is 30.1 Å². The van der Waals surface area contributed by atoms with Crippen LogP contribution in [0, 0.1) is 6.04 Å². The maximum Gasteiger partial charge on any atom is 0.407 e. The monoisotopic (exact) mass is 422 g/mol. The number of hydrogen-bond donors (Lipinski definition) is 3. The highest BCUT2D eigenvalue weighted by Crippen LogP contribution is 2.35. The van der Waals surface area contributed by atoms with Gasteiger partial charge in [-0.2, -0.15) is 18.3 Å². The van der Waals surface area contributed by atoms with Gasteiger partial charge in [-0.3, -0.25) is 9.48 Å². The van der Waals surface area contributed by atoms with Crippen LogP contribution in [0.5, 0.6) is 0 Å². The smallest absolute Gasteiger partial charge is 0.338 e. The molecule has 1 saturated carbocycles. The second kappa shape index (κ2) is 7.75. The Balaban J connectivity index is 1.69. The van der Waals surface area contributed by atoms with Crippen molar-refractivity contribution < 1.29 is 17.6 Å². The van der Waals surface area contributed by atoms with Gasteiger partial charge in [-0.15, -0.1) is 0 Å². The van der Waals surface area contributed by atoms with Gasteiger partial charge >= 0.3 is 6.18 Å². The van der Waals surface area contributed by atoms with Crippen molar-refractivity contribution in [3.63, 3.8) is 0 Å². The van der Waals surface area contributed by atoms with Crippen LogP contribution in [0.4, 0.5) is 29.1 Å². The van der Waals surface area contributed by atoms with Crippen LogP contribution in [0.15, 0.2) is 41.3 Å². The highest BCUT2D eigenvalue weighted by atomic mass is 19.4. The van der Waals surface area contributed by atoms with Gasteiger partial charge in [0.25, 0.3) is 5.56 Å². The molecule has 4 rings (SSSR count). The SMILES string of the molecule is NC(c1ccc(Nc2nn([C]3CCCCC3F)c3cc[nH]c(=O)c23)cc1)C(F)(F)F. The lowest BCUT2D eigenvalue weighted by atomic mass is 9.94. The third kappa shape index (κ3) is 3.79. The molecule has 2 atom stereocenters. The number of fused-ring (bicyclic) bond motifs is 1. The summed E-state index contributed by atoms with van der Waals surface area (Å²) in [6, 6.07) is 5.43. The Kier molecular flexibility index (Phi) is 5.27. The van der Waals surface area contributed by atoms with Crippen molar-refractivity contribution in [2.45, 2.75) is 44.1 Å². The van der Waals surface area contributed by atoms with E-state index >= 15 is 0 Å². The van der Waals surface area contributed by atoms with Gasteiger partial charge in [0.15, 0.2) is 5.82 Å². The van der Waals surface area contributed by atoms with Crippen molar-refractivity contribution in [2.75, 3.05) is 5.32 Å². The molecular formula is C20H20F4N5O. The third-order valence-electron chi connectivity index (χ3n) is 5.26. The van der Waals surface area contributed by atoms with Crippen molar-refractivity contribution in [1.29, 1.82) is 0 Å². The summed E-state index contributed by atoms with van der Waals surface area (Å²) in [5.74, 6) is 0.199. The lowest BCUT2D eigenvalue weighted by molar-refractivity contribution is -0.149. The lowest BCUT2D eigenvalue weighted by Gasteiger charge is -2.25. The zero-order valence-electron chi connectivity index (χ0n) is 15.8. The Labute approximate surface area is 169 Å². The Morgan fingerprint density at radius 1 is 1.20 bits per heavy atom. The van der Waals surface area contributed by atoms with Gasteiger partial charge in [0.1, 0.15) is 23.6 Å². The van der Waals surface area contributed by atoms with Gasteiger partial charge < -0.3 is 16.0 Å². The first-order chi connectivity index (χ1) is 14.3. The number of alkyl halides is 4. The zero-order valence-corrected chi connectivity index (χ0v) is 15.8. The topological polar surface area (TPSA) is 88.7 Å². The number of nitrogens with zero attached hydrogens (tertiary/aromatic N) is 2. The van der Waals surface area contributed by atoms with Crippen molar-refractivity contribution in [1.82, 2.24) is 14.8 Å². The Bertz CT molecular complexity index is 1090. The van der Waals surface area contributed by atoms with Crippen molar-refractivity contribution in [3.8, 4) is 0 Å². The van der Waals surface area contributed by atoms with Crippen molar-refractivity contribution in [3.05, 3.63) is 58.5 Å². The second-order valence-corrected chi connectivity index (χ2v) is 7.30.